The fourth-order valence-electron chi connectivity index (χ4n) is 3.48. The lowest BCUT2D eigenvalue weighted by molar-refractivity contribution is 0.124. The molecule has 1 unspecified atom stereocenters. The van der Waals surface area contributed by atoms with Crippen molar-refractivity contribution in [3.8, 4) is 0 Å². The number of rotatable bonds is 10. The molecule has 1 aromatic rings. The molecule has 0 heterocycles. The zero-order valence-corrected chi connectivity index (χ0v) is 14.8. The third-order valence-corrected chi connectivity index (χ3v) is 5.33. The molecule has 1 aliphatic rings. The fourth-order valence-corrected chi connectivity index (χ4v) is 3.48. The van der Waals surface area contributed by atoms with Gasteiger partial charge >= 0.3 is 7.12 Å². The van der Waals surface area contributed by atoms with Gasteiger partial charge < -0.3 is 21.1 Å². The highest BCUT2D eigenvalue weighted by Gasteiger charge is 2.39. The van der Waals surface area contributed by atoms with Crippen LogP contribution in [0.15, 0.2) is 18.2 Å². The summed E-state index contributed by atoms with van der Waals surface area (Å²) in [6.07, 6.45) is 5.66. The van der Waals surface area contributed by atoms with Crippen LogP contribution in [-0.4, -0.2) is 35.3 Å². The summed E-state index contributed by atoms with van der Waals surface area (Å²) in [5.41, 5.74) is 6.99. The maximum absolute atomic E-state index is 13.2. The fraction of sp³-hybridized carbons (Fsp3) is 0.667. The molecule has 0 bridgehead atoms. The van der Waals surface area contributed by atoms with E-state index < -0.39 is 18.8 Å². The topological polar surface area (TPSA) is 78.5 Å². The molecule has 0 spiro atoms. The Bertz CT molecular complexity index is 552. The van der Waals surface area contributed by atoms with E-state index in [1.54, 1.807) is 6.07 Å². The standard InChI is InChI=1S/C18H29BF2N2O2/c1-18(22,7-2-3-8-19(24)25)14-11-15(12-14)23-9-6-13-4-5-16(20)17(21)10-13/h4-5,10,14-15,23-25H,2-3,6-9,11-12,22H2,1H3. The maximum atomic E-state index is 13.2. The third-order valence-electron chi connectivity index (χ3n) is 5.33. The van der Waals surface area contributed by atoms with Crippen LogP contribution in [0.25, 0.3) is 0 Å². The van der Waals surface area contributed by atoms with E-state index in [9.17, 15) is 8.78 Å². The van der Waals surface area contributed by atoms with E-state index in [0.717, 1.165) is 44.2 Å². The number of hydrogen-bond donors (Lipinski definition) is 4. The molecule has 140 valence electrons. The van der Waals surface area contributed by atoms with Crippen molar-refractivity contribution in [2.45, 2.75) is 63.3 Å². The number of benzene rings is 1. The van der Waals surface area contributed by atoms with Crippen molar-refractivity contribution in [3.63, 3.8) is 0 Å². The number of nitrogens with one attached hydrogen (secondary N) is 1. The van der Waals surface area contributed by atoms with Crippen molar-refractivity contribution in [1.29, 1.82) is 0 Å². The van der Waals surface area contributed by atoms with Crippen molar-refractivity contribution in [1.82, 2.24) is 5.32 Å². The summed E-state index contributed by atoms with van der Waals surface area (Å²) in [6.45, 7) is 2.81. The first-order valence-corrected chi connectivity index (χ1v) is 9.10. The van der Waals surface area contributed by atoms with E-state index in [1.807, 2.05) is 0 Å². The summed E-state index contributed by atoms with van der Waals surface area (Å²) < 4.78 is 26.1. The van der Waals surface area contributed by atoms with Gasteiger partial charge in [0.15, 0.2) is 11.6 Å². The highest BCUT2D eigenvalue weighted by molar-refractivity contribution is 6.40. The third kappa shape index (κ3) is 6.33. The first kappa shape index (κ1) is 20.3. The first-order valence-electron chi connectivity index (χ1n) is 9.10. The molecule has 1 saturated carbocycles. The zero-order chi connectivity index (χ0) is 18.4. The van der Waals surface area contributed by atoms with Gasteiger partial charge in [0.2, 0.25) is 0 Å². The Morgan fingerprint density at radius 1 is 1.24 bits per heavy atom. The Morgan fingerprint density at radius 2 is 1.96 bits per heavy atom. The minimum absolute atomic E-state index is 0.224. The van der Waals surface area contributed by atoms with Gasteiger partial charge in [0, 0.05) is 11.6 Å². The second kappa shape index (κ2) is 9.08. The van der Waals surface area contributed by atoms with Crippen LogP contribution in [0.1, 0.15) is 44.6 Å². The molecular weight excluding hydrogens is 325 g/mol. The summed E-state index contributed by atoms with van der Waals surface area (Å²) in [4.78, 5) is 0. The zero-order valence-electron chi connectivity index (χ0n) is 14.8. The molecule has 1 fully saturated rings. The van der Waals surface area contributed by atoms with Crippen LogP contribution in [0.3, 0.4) is 0 Å². The molecule has 1 aliphatic carbocycles. The number of nitrogens with two attached hydrogens (primary N) is 1. The van der Waals surface area contributed by atoms with Crippen molar-refractivity contribution >= 4 is 7.12 Å². The average molecular weight is 354 g/mol. The number of hydrogen-bond acceptors (Lipinski definition) is 4. The smallest absolute Gasteiger partial charge is 0.427 e. The normalized spacial score (nSPS) is 22.3. The summed E-state index contributed by atoms with van der Waals surface area (Å²) in [7, 11) is -1.23. The van der Waals surface area contributed by atoms with Crippen molar-refractivity contribution in [2.75, 3.05) is 6.54 Å². The molecule has 2 rings (SSSR count). The Morgan fingerprint density at radius 3 is 2.60 bits per heavy atom. The van der Waals surface area contributed by atoms with Gasteiger partial charge in [0.1, 0.15) is 0 Å². The van der Waals surface area contributed by atoms with Gasteiger partial charge in [-0.25, -0.2) is 8.78 Å². The van der Waals surface area contributed by atoms with Crippen molar-refractivity contribution < 1.29 is 18.8 Å². The van der Waals surface area contributed by atoms with Crippen LogP contribution >= 0.6 is 0 Å². The van der Waals surface area contributed by atoms with Crippen LogP contribution in [0, 0.1) is 17.6 Å². The Labute approximate surface area is 149 Å². The average Bonchev–Trinajstić information content (AvgIpc) is 2.49. The van der Waals surface area contributed by atoms with E-state index in [2.05, 4.69) is 12.2 Å². The SMILES string of the molecule is CC(N)(CCCCB(O)O)C1CC(NCCc2ccc(F)c(F)c2)C1. The van der Waals surface area contributed by atoms with Crippen LogP contribution < -0.4 is 11.1 Å². The predicted molar refractivity (Wildman–Crippen MR) is 96.0 cm³/mol. The molecule has 0 aromatic heterocycles. The van der Waals surface area contributed by atoms with Gasteiger partial charge in [0.25, 0.3) is 0 Å². The van der Waals surface area contributed by atoms with Gasteiger partial charge in [-0.1, -0.05) is 18.9 Å². The molecular formula is C18H29BF2N2O2. The van der Waals surface area contributed by atoms with Gasteiger partial charge in [0.05, 0.1) is 0 Å². The predicted octanol–water partition coefficient (Wildman–Crippen LogP) is 2.24. The van der Waals surface area contributed by atoms with Gasteiger partial charge in [-0.3, -0.25) is 0 Å². The molecule has 0 saturated heterocycles. The van der Waals surface area contributed by atoms with Gasteiger partial charge in [-0.2, -0.15) is 0 Å². The molecule has 0 radical (unpaired) electrons. The summed E-state index contributed by atoms with van der Waals surface area (Å²) in [5, 5.41) is 21.2. The lowest BCUT2D eigenvalue weighted by atomic mass is 9.67. The molecule has 1 aromatic carbocycles. The summed E-state index contributed by atoms with van der Waals surface area (Å²) in [6, 6.07) is 4.46. The molecule has 5 N–H and O–H groups in total. The summed E-state index contributed by atoms with van der Waals surface area (Å²) in [5.74, 6) is -1.14. The molecule has 0 amide bonds. The van der Waals surface area contributed by atoms with E-state index in [0.29, 0.717) is 24.7 Å². The van der Waals surface area contributed by atoms with E-state index in [4.69, 9.17) is 15.8 Å². The largest absolute Gasteiger partial charge is 0.451 e. The minimum atomic E-state index is -1.23. The van der Waals surface area contributed by atoms with E-state index >= 15 is 0 Å². The second-order valence-corrected chi connectivity index (χ2v) is 7.55. The Balaban J connectivity index is 1.62. The van der Waals surface area contributed by atoms with Crippen LogP contribution in [0.2, 0.25) is 6.32 Å². The van der Waals surface area contributed by atoms with Crippen molar-refractivity contribution in [2.24, 2.45) is 11.7 Å². The van der Waals surface area contributed by atoms with Crippen molar-refractivity contribution in [3.05, 3.63) is 35.4 Å². The van der Waals surface area contributed by atoms with E-state index in [-0.39, 0.29) is 5.54 Å². The highest BCUT2D eigenvalue weighted by Crippen LogP contribution is 2.37. The molecule has 1 atom stereocenters. The van der Waals surface area contributed by atoms with E-state index in [1.165, 1.54) is 12.1 Å². The van der Waals surface area contributed by atoms with Crippen LogP contribution in [-0.2, 0) is 6.42 Å². The molecule has 7 heteroatoms. The summed E-state index contributed by atoms with van der Waals surface area (Å²) >= 11 is 0. The number of unbranched alkanes of at least 4 members (excludes halogenated alkanes) is 1. The number of halogens is 2. The first-order chi connectivity index (χ1) is 11.8. The van der Waals surface area contributed by atoms with Crippen LogP contribution in [0.4, 0.5) is 8.78 Å². The molecule has 4 nitrogen and oxygen atoms in total. The Hall–Kier alpha value is -1.02. The molecule has 0 aliphatic heterocycles. The monoisotopic (exact) mass is 354 g/mol. The lowest BCUT2D eigenvalue weighted by Crippen LogP contribution is -2.55. The minimum Gasteiger partial charge on any atom is -0.427 e. The quantitative estimate of drug-likeness (QED) is 0.384. The highest BCUT2D eigenvalue weighted by atomic mass is 19.2. The van der Waals surface area contributed by atoms with Gasteiger partial charge in [-0.15, -0.1) is 0 Å². The molecule has 25 heavy (non-hydrogen) atoms. The maximum Gasteiger partial charge on any atom is 0.451 e. The second-order valence-electron chi connectivity index (χ2n) is 7.55. The Kier molecular flexibility index (Phi) is 7.37. The van der Waals surface area contributed by atoms with Gasteiger partial charge in [-0.05, 0) is 69.1 Å². The lowest BCUT2D eigenvalue weighted by Gasteiger charge is -2.46. The van der Waals surface area contributed by atoms with Crippen LogP contribution in [0.5, 0.6) is 0 Å².